The Kier molecular flexibility index (Phi) is 4.40. The van der Waals surface area contributed by atoms with E-state index in [4.69, 9.17) is 0 Å². The second-order valence-electron chi connectivity index (χ2n) is 6.41. The van der Waals surface area contributed by atoms with Gasteiger partial charge in [0, 0.05) is 18.4 Å². The Labute approximate surface area is 153 Å². The monoisotopic (exact) mass is 343 g/mol. The Morgan fingerprint density at radius 2 is 1.77 bits per heavy atom. The molecule has 4 nitrogen and oxygen atoms in total. The average Bonchev–Trinajstić information content (AvgIpc) is 2.95. The van der Waals surface area contributed by atoms with Crippen LogP contribution in [0, 0.1) is 0 Å². The number of aryl methyl sites for hydroxylation is 1. The summed E-state index contributed by atoms with van der Waals surface area (Å²) in [5.74, 6) is 0.0171. The number of nitrogens with zero attached hydrogens (tertiary/aromatic N) is 2. The Morgan fingerprint density at radius 1 is 1.00 bits per heavy atom. The lowest BCUT2D eigenvalue weighted by Gasteiger charge is -2.27. The number of hydrogen-bond acceptors (Lipinski definition) is 3. The fraction of sp³-hybridized carbons (Fsp3) is 0.182. The molecule has 0 aliphatic carbocycles. The standard InChI is InChI=1S/C22H21N3O/c1-2-17-11-6-7-13-19(17)24-21-20-18(12-8-14-23-20)22(26)25(21)15-16-9-4-3-5-10-16/h3-14,21,24H,2,15H2,1H3. The molecule has 1 aliphatic heterocycles. The third kappa shape index (κ3) is 2.94. The molecule has 0 fully saturated rings. The predicted octanol–water partition coefficient (Wildman–Crippen LogP) is 4.41. The number of carbonyl (C=O) groups excluding carboxylic acids is 1. The van der Waals surface area contributed by atoms with Crippen LogP contribution < -0.4 is 5.32 Å². The number of hydrogen-bond donors (Lipinski definition) is 1. The van der Waals surface area contributed by atoms with Crippen molar-refractivity contribution in [1.82, 2.24) is 9.88 Å². The molecule has 26 heavy (non-hydrogen) atoms. The van der Waals surface area contributed by atoms with Gasteiger partial charge in [-0.2, -0.15) is 0 Å². The van der Waals surface area contributed by atoms with E-state index in [0.717, 1.165) is 23.4 Å². The number of fused-ring (bicyclic) bond motifs is 1. The molecule has 1 aromatic heterocycles. The number of carbonyl (C=O) groups is 1. The molecule has 130 valence electrons. The van der Waals surface area contributed by atoms with E-state index in [2.05, 4.69) is 29.4 Å². The molecule has 0 bridgehead atoms. The van der Waals surface area contributed by atoms with Crippen LogP contribution in [0.3, 0.4) is 0 Å². The molecule has 0 saturated carbocycles. The molecular weight excluding hydrogens is 322 g/mol. The molecule has 4 heteroatoms. The summed E-state index contributed by atoms with van der Waals surface area (Å²) in [5.41, 5.74) is 4.84. The first-order chi connectivity index (χ1) is 12.8. The Morgan fingerprint density at radius 3 is 2.58 bits per heavy atom. The zero-order chi connectivity index (χ0) is 17.9. The predicted molar refractivity (Wildman–Crippen MR) is 103 cm³/mol. The molecule has 1 unspecified atom stereocenters. The number of rotatable bonds is 5. The molecule has 2 aromatic carbocycles. The summed E-state index contributed by atoms with van der Waals surface area (Å²) >= 11 is 0. The first-order valence-corrected chi connectivity index (χ1v) is 8.92. The van der Waals surface area contributed by atoms with Crippen molar-refractivity contribution < 1.29 is 4.79 Å². The van der Waals surface area contributed by atoms with E-state index in [1.54, 1.807) is 6.20 Å². The van der Waals surface area contributed by atoms with Crippen LogP contribution in [0.2, 0.25) is 0 Å². The van der Waals surface area contributed by atoms with Crippen LogP contribution in [-0.2, 0) is 13.0 Å². The van der Waals surface area contributed by atoms with Crippen molar-refractivity contribution in [3.63, 3.8) is 0 Å². The zero-order valence-electron chi connectivity index (χ0n) is 14.7. The Hall–Kier alpha value is -3.14. The number of anilines is 1. The van der Waals surface area contributed by atoms with Gasteiger partial charge in [0.05, 0.1) is 11.3 Å². The molecule has 4 rings (SSSR count). The molecule has 2 heterocycles. The van der Waals surface area contributed by atoms with Gasteiger partial charge < -0.3 is 10.2 Å². The van der Waals surface area contributed by atoms with Crippen molar-refractivity contribution >= 4 is 11.6 Å². The summed E-state index contributed by atoms with van der Waals surface area (Å²) in [6.07, 6.45) is 2.41. The van der Waals surface area contributed by atoms with E-state index in [1.807, 2.05) is 59.5 Å². The molecule has 1 N–H and O–H groups in total. The normalized spacial score (nSPS) is 15.8. The fourth-order valence-corrected chi connectivity index (χ4v) is 3.44. The maximum absolute atomic E-state index is 13.0. The van der Waals surface area contributed by atoms with Gasteiger partial charge in [-0.1, -0.05) is 55.5 Å². The van der Waals surface area contributed by atoms with Crippen LogP contribution in [0.1, 0.15) is 40.3 Å². The van der Waals surface area contributed by atoms with E-state index in [-0.39, 0.29) is 12.1 Å². The molecule has 1 aliphatic rings. The summed E-state index contributed by atoms with van der Waals surface area (Å²) in [6.45, 7) is 2.68. The lowest BCUT2D eigenvalue weighted by molar-refractivity contribution is 0.0727. The van der Waals surface area contributed by atoms with E-state index in [1.165, 1.54) is 5.56 Å². The maximum atomic E-state index is 13.0. The molecule has 0 saturated heterocycles. The van der Waals surface area contributed by atoms with Gasteiger partial charge in [0.1, 0.15) is 6.17 Å². The van der Waals surface area contributed by atoms with Crippen molar-refractivity contribution in [2.24, 2.45) is 0 Å². The summed E-state index contributed by atoms with van der Waals surface area (Å²) in [7, 11) is 0. The van der Waals surface area contributed by atoms with Crippen LogP contribution in [0.4, 0.5) is 5.69 Å². The second kappa shape index (κ2) is 7.00. The summed E-state index contributed by atoms with van der Waals surface area (Å²) in [5, 5.41) is 3.56. The highest BCUT2D eigenvalue weighted by atomic mass is 16.2. The van der Waals surface area contributed by atoms with Gasteiger partial charge in [0.25, 0.3) is 5.91 Å². The quantitative estimate of drug-likeness (QED) is 0.746. The minimum atomic E-state index is -0.272. The average molecular weight is 343 g/mol. The number of nitrogens with one attached hydrogen (secondary N) is 1. The van der Waals surface area contributed by atoms with E-state index in [0.29, 0.717) is 12.1 Å². The van der Waals surface area contributed by atoms with Crippen molar-refractivity contribution in [3.8, 4) is 0 Å². The lowest BCUT2D eigenvalue weighted by atomic mass is 10.1. The highest BCUT2D eigenvalue weighted by molar-refractivity contribution is 5.98. The second-order valence-corrected chi connectivity index (χ2v) is 6.41. The highest BCUT2D eigenvalue weighted by Crippen LogP contribution is 2.34. The number of pyridine rings is 1. The summed E-state index contributed by atoms with van der Waals surface area (Å²) in [4.78, 5) is 19.4. The van der Waals surface area contributed by atoms with Gasteiger partial charge >= 0.3 is 0 Å². The maximum Gasteiger partial charge on any atom is 0.258 e. The number of amides is 1. The van der Waals surface area contributed by atoms with Gasteiger partial charge in [-0.3, -0.25) is 9.78 Å². The zero-order valence-corrected chi connectivity index (χ0v) is 14.7. The van der Waals surface area contributed by atoms with Crippen LogP contribution in [0.5, 0.6) is 0 Å². The third-order valence-corrected chi connectivity index (χ3v) is 4.79. The van der Waals surface area contributed by atoms with Crippen molar-refractivity contribution in [3.05, 3.63) is 95.3 Å². The van der Waals surface area contributed by atoms with Gasteiger partial charge in [-0.05, 0) is 35.7 Å². The van der Waals surface area contributed by atoms with Crippen LogP contribution >= 0.6 is 0 Å². The van der Waals surface area contributed by atoms with E-state index in [9.17, 15) is 4.79 Å². The number of para-hydroxylation sites is 1. The van der Waals surface area contributed by atoms with Crippen molar-refractivity contribution in [2.45, 2.75) is 26.1 Å². The van der Waals surface area contributed by atoms with Crippen molar-refractivity contribution in [1.29, 1.82) is 0 Å². The number of aromatic nitrogens is 1. The largest absolute Gasteiger partial charge is 0.360 e. The Bertz CT molecular complexity index is 923. The molecule has 0 spiro atoms. The van der Waals surface area contributed by atoms with Gasteiger partial charge in [-0.25, -0.2) is 0 Å². The molecule has 1 amide bonds. The van der Waals surface area contributed by atoms with Crippen molar-refractivity contribution in [2.75, 3.05) is 5.32 Å². The SMILES string of the molecule is CCc1ccccc1NC1c2ncccc2C(=O)N1Cc1ccccc1. The van der Waals surface area contributed by atoms with Crippen LogP contribution in [0.15, 0.2) is 72.9 Å². The fourth-order valence-electron chi connectivity index (χ4n) is 3.44. The van der Waals surface area contributed by atoms with Gasteiger partial charge in [-0.15, -0.1) is 0 Å². The molecule has 3 aromatic rings. The molecule has 0 radical (unpaired) electrons. The van der Waals surface area contributed by atoms with Gasteiger partial charge in [0.15, 0.2) is 0 Å². The van der Waals surface area contributed by atoms with E-state index >= 15 is 0 Å². The van der Waals surface area contributed by atoms with Crippen LogP contribution in [-0.4, -0.2) is 15.8 Å². The van der Waals surface area contributed by atoms with Crippen LogP contribution in [0.25, 0.3) is 0 Å². The summed E-state index contributed by atoms with van der Waals surface area (Å²) < 4.78 is 0. The lowest BCUT2D eigenvalue weighted by Crippen LogP contribution is -2.32. The smallest absolute Gasteiger partial charge is 0.258 e. The van der Waals surface area contributed by atoms with Gasteiger partial charge in [0.2, 0.25) is 0 Å². The molecule has 1 atom stereocenters. The number of benzene rings is 2. The first-order valence-electron chi connectivity index (χ1n) is 8.92. The minimum Gasteiger partial charge on any atom is -0.360 e. The molecular formula is C22H21N3O. The Balaban J connectivity index is 1.71. The third-order valence-electron chi connectivity index (χ3n) is 4.79. The summed E-state index contributed by atoms with van der Waals surface area (Å²) in [6, 6.07) is 22.0. The highest BCUT2D eigenvalue weighted by Gasteiger charge is 2.38. The minimum absolute atomic E-state index is 0.0171. The topological polar surface area (TPSA) is 45.2 Å². The first kappa shape index (κ1) is 16.3. The van der Waals surface area contributed by atoms with E-state index < -0.39 is 0 Å².